The van der Waals surface area contributed by atoms with E-state index >= 15 is 0 Å². The predicted octanol–water partition coefficient (Wildman–Crippen LogP) is 6.85. The molecule has 0 aliphatic heterocycles. The number of hydrogen-bond acceptors (Lipinski definition) is 8. The van der Waals surface area contributed by atoms with Crippen LogP contribution in [0.1, 0.15) is 109 Å². The minimum absolute atomic E-state index is 0.0393. The molecular weight excluding hydrogens is 530 g/mol. The lowest BCUT2D eigenvalue weighted by Gasteiger charge is -2.41. The third kappa shape index (κ3) is 10.4. The van der Waals surface area contributed by atoms with Crippen LogP contribution in [-0.4, -0.2) is 65.0 Å². The average Bonchev–Trinajstić information content (AvgIpc) is 2.84. The topological polar surface area (TPSA) is 102 Å². The summed E-state index contributed by atoms with van der Waals surface area (Å²) in [6.07, 6.45) is 3.66. The Morgan fingerprint density at radius 3 is 2.10 bits per heavy atom. The summed E-state index contributed by atoms with van der Waals surface area (Å²) >= 11 is 1.46. The molecule has 0 fully saturated rings. The highest BCUT2D eigenvalue weighted by atomic mass is 32.2. The number of rotatable bonds is 16. The highest BCUT2D eigenvalue weighted by Crippen LogP contribution is 2.49. The number of allylic oxidation sites excluding steroid dienone is 2. The van der Waals surface area contributed by atoms with Crippen LogP contribution in [0, 0.1) is 0 Å². The summed E-state index contributed by atoms with van der Waals surface area (Å²) < 4.78 is 17.6. The van der Waals surface area contributed by atoms with Crippen molar-refractivity contribution < 1.29 is 33.7 Å². The van der Waals surface area contributed by atoms with Gasteiger partial charge in [-0.05, 0) is 63.8 Å². The van der Waals surface area contributed by atoms with Crippen molar-refractivity contribution in [1.29, 1.82) is 0 Å². The van der Waals surface area contributed by atoms with E-state index in [1.54, 1.807) is 17.9 Å². The molecule has 1 rings (SSSR count). The second kappa shape index (κ2) is 16.6. The standard InChI is InChI=1S/C31H49NO7S/c1-11-16-32(17-12-2)30(36)24-18-25(35)27(26(19-24)37-10)28(40-21(5)6)29(38-22(7)33)31(9,39-23(8)34)15-13-14-20(3)4/h14,18-19,21,28-29,35H,11-13,15-17H2,1-10H3/t28-,29+,31-/m0/s1. The second-order valence-corrected chi connectivity index (χ2v) is 12.5. The third-order valence-electron chi connectivity index (χ3n) is 6.30. The van der Waals surface area contributed by atoms with Crippen LogP contribution < -0.4 is 4.74 Å². The Hall–Kier alpha value is -2.68. The molecule has 0 radical (unpaired) electrons. The number of methoxy groups -OCH3 is 1. The summed E-state index contributed by atoms with van der Waals surface area (Å²) in [6, 6.07) is 3.07. The van der Waals surface area contributed by atoms with Crippen LogP contribution in [0.5, 0.6) is 11.5 Å². The van der Waals surface area contributed by atoms with Gasteiger partial charge in [-0.3, -0.25) is 14.4 Å². The maximum Gasteiger partial charge on any atom is 0.303 e. The fourth-order valence-electron chi connectivity index (χ4n) is 4.72. The summed E-state index contributed by atoms with van der Waals surface area (Å²) in [5.74, 6) is -1.10. The van der Waals surface area contributed by atoms with Gasteiger partial charge in [-0.2, -0.15) is 0 Å². The lowest BCUT2D eigenvalue weighted by molar-refractivity contribution is -0.182. The van der Waals surface area contributed by atoms with E-state index in [1.165, 1.54) is 38.8 Å². The van der Waals surface area contributed by atoms with E-state index < -0.39 is 28.9 Å². The van der Waals surface area contributed by atoms with Crippen molar-refractivity contribution in [2.45, 2.75) is 110 Å². The molecule has 1 amide bonds. The fourth-order valence-corrected chi connectivity index (χ4v) is 6.17. The van der Waals surface area contributed by atoms with Crippen molar-refractivity contribution in [1.82, 2.24) is 4.90 Å². The molecule has 1 aromatic carbocycles. The van der Waals surface area contributed by atoms with Crippen LogP contribution in [0.4, 0.5) is 0 Å². The van der Waals surface area contributed by atoms with Crippen molar-refractivity contribution in [2.24, 2.45) is 0 Å². The Kier molecular flexibility index (Phi) is 14.6. The molecule has 0 saturated heterocycles. The second-order valence-electron chi connectivity index (χ2n) is 10.8. The number of phenolic OH excluding ortho intramolecular Hbond substituents is 1. The molecule has 0 aliphatic rings. The highest BCUT2D eigenvalue weighted by molar-refractivity contribution is 8.00. The van der Waals surface area contributed by atoms with Crippen LogP contribution in [-0.2, 0) is 19.1 Å². The van der Waals surface area contributed by atoms with Gasteiger partial charge < -0.3 is 24.2 Å². The number of phenols is 1. The van der Waals surface area contributed by atoms with Crippen molar-refractivity contribution in [3.63, 3.8) is 0 Å². The first-order chi connectivity index (χ1) is 18.7. The minimum Gasteiger partial charge on any atom is -0.507 e. The number of ether oxygens (including phenoxy) is 3. The zero-order chi connectivity index (χ0) is 30.6. The number of thioether (sulfide) groups is 1. The first-order valence-electron chi connectivity index (χ1n) is 14.1. The van der Waals surface area contributed by atoms with Gasteiger partial charge in [0.25, 0.3) is 5.91 Å². The maximum absolute atomic E-state index is 13.4. The highest BCUT2D eigenvalue weighted by Gasteiger charge is 2.47. The smallest absolute Gasteiger partial charge is 0.303 e. The summed E-state index contributed by atoms with van der Waals surface area (Å²) in [5.41, 5.74) is 0.578. The average molecular weight is 580 g/mol. The number of nitrogens with zero attached hydrogens (tertiary/aromatic N) is 1. The Bertz CT molecular complexity index is 1030. The van der Waals surface area contributed by atoms with Gasteiger partial charge in [0.1, 0.15) is 17.1 Å². The van der Waals surface area contributed by atoms with Crippen molar-refractivity contribution >= 4 is 29.6 Å². The van der Waals surface area contributed by atoms with E-state index in [0.29, 0.717) is 42.8 Å². The van der Waals surface area contributed by atoms with Crippen LogP contribution in [0.3, 0.4) is 0 Å². The molecule has 0 bridgehead atoms. The molecule has 0 heterocycles. The van der Waals surface area contributed by atoms with Gasteiger partial charge in [-0.1, -0.05) is 39.3 Å². The van der Waals surface area contributed by atoms with Crippen molar-refractivity contribution in [3.05, 3.63) is 34.9 Å². The summed E-state index contributed by atoms with van der Waals surface area (Å²) in [4.78, 5) is 39.9. The molecule has 0 spiro atoms. The van der Waals surface area contributed by atoms with Crippen molar-refractivity contribution in [3.8, 4) is 11.5 Å². The molecule has 8 nitrogen and oxygen atoms in total. The van der Waals surface area contributed by atoms with E-state index in [0.717, 1.165) is 18.4 Å². The molecule has 3 atom stereocenters. The molecule has 0 unspecified atom stereocenters. The monoisotopic (exact) mass is 579 g/mol. The summed E-state index contributed by atoms with van der Waals surface area (Å²) in [5, 5.41) is 10.8. The largest absolute Gasteiger partial charge is 0.507 e. The Morgan fingerprint density at radius 1 is 1.05 bits per heavy atom. The molecule has 0 saturated carbocycles. The predicted molar refractivity (Wildman–Crippen MR) is 161 cm³/mol. The van der Waals surface area contributed by atoms with Crippen LogP contribution in [0.25, 0.3) is 0 Å². The summed E-state index contributed by atoms with van der Waals surface area (Å²) in [7, 11) is 1.47. The number of carbonyl (C=O) groups is 3. The van der Waals surface area contributed by atoms with Gasteiger partial charge in [0.05, 0.1) is 17.9 Å². The lowest BCUT2D eigenvalue weighted by Crippen LogP contribution is -2.48. The van der Waals surface area contributed by atoms with Gasteiger partial charge in [-0.25, -0.2) is 0 Å². The Balaban J connectivity index is 3.85. The fraction of sp³-hybridized carbons (Fsp3) is 0.645. The number of aromatic hydroxyl groups is 1. The Morgan fingerprint density at radius 2 is 1.65 bits per heavy atom. The molecule has 1 aromatic rings. The van der Waals surface area contributed by atoms with Crippen LogP contribution in [0.15, 0.2) is 23.8 Å². The molecule has 0 aliphatic carbocycles. The molecule has 40 heavy (non-hydrogen) atoms. The first-order valence-corrected chi connectivity index (χ1v) is 15.0. The quantitative estimate of drug-likeness (QED) is 0.168. The van der Waals surface area contributed by atoms with E-state index in [4.69, 9.17) is 14.2 Å². The molecule has 1 N–H and O–H groups in total. The maximum atomic E-state index is 13.4. The SMILES string of the molecule is CCCN(CCC)C(=O)c1cc(O)c([C@H](SC(C)C)[C@@H](OC(C)=O)[C@](C)(CCC=C(C)C)OC(C)=O)c(OC)c1. The van der Waals surface area contributed by atoms with Crippen LogP contribution in [0.2, 0.25) is 0 Å². The number of amides is 1. The lowest BCUT2D eigenvalue weighted by atomic mass is 9.86. The van der Waals surface area contributed by atoms with Gasteiger partial charge in [0.15, 0.2) is 6.10 Å². The minimum atomic E-state index is -1.22. The third-order valence-corrected chi connectivity index (χ3v) is 7.63. The number of benzene rings is 1. The van der Waals surface area contributed by atoms with Gasteiger partial charge in [0, 0.05) is 32.5 Å². The molecule has 9 heteroatoms. The van der Waals surface area contributed by atoms with Gasteiger partial charge in [-0.15, -0.1) is 11.8 Å². The summed E-state index contributed by atoms with van der Waals surface area (Å²) in [6.45, 7) is 17.6. The Labute approximate surface area is 244 Å². The molecule has 0 aromatic heterocycles. The number of hydrogen-bond donors (Lipinski definition) is 1. The van der Waals surface area contributed by atoms with Gasteiger partial charge in [0.2, 0.25) is 0 Å². The number of esters is 2. The zero-order valence-corrected chi connectivity index (χ0v) is 26.8. The zero-order valence-electron chi connectivity index (χ0n) is 26.0. The van der Waals surface area contributed by atoms with Gasteiger partial charge >= 0.3 is 11.9 Å². The van der Waals surface area contributed by atoms with Crippen LogP contribution >= 0.6 is 11.8 Å². The normalized spacial score (nSPS) is 14.1. The number of carbonyl (C=O) groups excluding carboxylic acids is 3. The van der Waals surface area contributed by atoms with Crippen molar-refractivity contribution in [2.75, 3.05) is 20.2 Å². The van der Waals surface area contributed by atoms with E-state index in [2.05, 4.69) is 0 Å². The van der Waals surface area contributed by atoms with E-state index in [9.17, 15) is 19.5 Å². The van der Waals surface area contributed by atoms with E-state index in [1.807, 2.05) is 47.6 Å². The van der Waals surface area contributed by atoms with E-state index in [-0.39, 0.29) is 16.9 Å². The first kappa shape index (κ1) is 35.3. The molecule has 226 valence electrons. The molecular formula is C31H49NO7S.